The van der Waals surface area contributed by atoms with Crippen molar-refractivity contribution in [1.82, 2.24) is 4.90 Å². The van der Waals surface area contributed by atoms with E-state index in [-0.39, 0.29) is 17.6 Å². The maximum Gasteiger partial charge on any atom is 0.291 e. The number of anilines is 1. The third-order valence-corrected chi connectivity index (χ3v) is 7.10. The number of nitrogens with zero attached hydrogens (tertiary/aromatic N) is 1. The van der Waals surface area contributed by atoms with Crippen LogP contribution in [0.2, 0.25) is 0 Å². The van der Waals surface area contributed by atoms with Crippen molar-refractivity contribution >= 4 is 50.8 Å². The van der Waals surface area contributed by atoms with Crippen LogP contribution >= 0.6 is 34.0 Å². The van der Waals surface area contributed by atoms with Gasteiger partial charge in [-0.2, -0.15) is 0 Å². The Balaban J connectivity index is 1.55. The lowest BCUT2D eigenvalue weighted by Gasteiger charge is -2.21. The summed E-state index contributed by atoms with van der Waals surface area (Å²) < 4.78 is 5.13. The topological polar surface area (TPSA) is 62.6 Å². The number of carbonyl (C=O) groups is 2. The van der Waals surface area contributed by atoms with E-state index in [0.29, 0.717) is 23.0 Å². The molecular formula is C21H18N2O3S3. The first-order chi connectivity index (χ1) is 14.1. The van der Waals surface area contributed by atoms with E-state index >= 15 is 0 Å². The monoisotopic (exact) mass is 442 g/mol. The molecule has 0 aliphatic heterocycles. The van der Waals surface area contributed by atoms with Crippen LogP contribution in [-0.4, -0.2) is 16.7 Å². The third-order valence-electron chi connectivity index (χ3n) is 4.23. The maximum atomic E-state index is 13.4. The number of aryl methyl sites for hydroxylation is 1. The van der Waals surface area contributed by atoms with Crippen molar-refractivity contribution in [3.8, 4) is 0 Å². The molecule has 0 aliphatic carbocycles. The molecule has 4 heterocycles. The molecule has 0 radical (unpaired) electrons. The van der Waals surface area contributed by atoms with Crippen LogP contribution < -0.4 is 5.32 Å². The highest BCUT2D eigenvalue weighted by Crippen LogP contribution is 2.30. The molecule has 1 N–H and O–H groups in total. The van der Waals surface area contributed by atoms with Crippen molar-refractivity contribution < 1.29 is 14.0 Å². The second kappa shape index (κ2) is 8.77. The molecule has 29 heavy (non-hydrogen) atoms. The van der Waals surface area contributed by atoms with E-state index in [0.717, 1.165) is 15.3 Å². The highest BCUT2D eigenvalue weighted by molar-refractivity contribution is 7.18. The zero-order valence-corrected chi connectivity index (χ0v) is 18.0. The van der Waals surface area contributed by atoms with Crippen LogP contribution in [0, 0.1) is 6.92 Å². The molecule has 0 saturated carbocycles. The Morgan fingerprint density at radius 1 is 1.03 bits per heavy atom. The summed E-state index contributed by atoms with van der Waals surface area (Å²) in [6.45, 7) is 3.00. The van der Waals surface area contributed by atoms with Gasteiger partial charge in [0.05, 0.1) is 29.2 Å². The van der Waals surface area contributed by atoms with Gasteiger partial charge in [-0.15, -0.1) is 34.0 Å². The zero-order chi connectivity index (χ0) is 20.2. The second-order valence-corrected chi connectivity index (χ2v) is 9.49. The molecule has 4 aromatic rings. The number of hydrogen-bond donors (Lipinski definition) is 1. The number of amides is 2. The molecule has 0 fully saturated rings. The Labute approximate surface area is 180 Å². The molecule has 0 saturated heterocycles. The molecule has 0 spiro atoms. The standard InChI is InChI=1S/C21H18N2O3S3/c1-14-11-18(22-20(24)17-7-2-8-26-17)29-19(14)21(25)23(12-15-5-3-9-27-15)13-16-6-4-10-28-16/h2-11H,12-13H2,1H3,(H,22,24). The minimum absolute atomic E-state index is 0.0344. The molecule has 4 rings (SSSR count). The first-order valence-corrected chi connectivity index (χ1v) is 11.5. The summed E-state index contributed by atoms with van der Waals surface area (Å²) in [7, 11) is 0. The summed E-state index contributed by atoms with van der Waals surface area (Å²) in [4.78, 5) is 30.3. The van der Waals surface area contributed by atoms with Crippen molar-refractivity contribution in [2.24, 2.45) is 0 Å². The Bertz CT molecular complexity index is 1040. The summed E-state index contributed by atoms with van der Waals surface area (Å²) in [5.41, 5.74) is 0.845. The molecule has 0 aromatic carbocycles. The molecule has 4 aromatic heterocycles. The average Bonchev–Trinajstić information content (AvgIpc) is 3.49. The fourth-order valence-electron chi connectivity index (χ4n) is 2.86. The molecule has 2 amide bonds. The van der Waals surface area contributed by atoms with Gasteiger partial charge in [0, 0.05) is 9.75 Å². The Morgan fingerprint density at radius 2 is 1.72 bits per heavy atom. The number of carbonyl (C=O) groups excluding carboxylic acids is 2. The minimum atomic E-state index is -0.329. The van der Waals surface area contributed by atoms with Gasteiger partial charge in [-0.3, -0.25) is 9.59 Å². The van der Waals surface area contributed by atoms with E-state index in [1.807, 2.05) is 52.9 Å². The summed E-state index contributed by atoms with van der Waals surface area (Å²) in [5, 5.41) is 7.47. The van der Waals surface area contributed by atoms with Gasteiger partial charge in [-0.05, 0) is 53.6 Å². The van der Waals surface area contributed by atoms with Gasteiger partial charge in [0.1, 0.15) is 0 Å². The lowest BCUT2D eigenvalue weighted by Crippen LogP contribution is -2.29. The SMILES string of the molecule is Cc1cc(NC(=O)c2ccco2)sc1C(=O)N(Cc1cccs1)Cc1cccs1. The maximum absolute atomic E-state index is 13.4. The predicted molar refractivity (Wildman–Crippen MR) is 118 cm³/mol. The molecule has 8 heteroatoms. The number of rotatable bonds is 7. The fourth-order valence-corrected chi connectivity index (χ4v) is 5.34. The number of nitrogens with one attached hydrogen (secondary N) is 1. The average molecular weight is 443 g/mol. The summed E-state index contributed by atoms with van der Waals surface area (Å²) in [6.07, 6.45) is 1.45. The van der Waals surface area contributed by atoms with Crippen molar-refractivity contribution in [2.75, 3.05) is 5.32 Å². The van der Waals surface area contributed by atoms with Gasteiger partial charge in [-0.1, -0.05) is 12.1 Å². The van der Waals surface area contributed by atoms with Crippen molar-refractivity contribution in [1.29, 1.82) is 0 Å². The van der Waals surface area contributed by atoms with Crippen molar-refractivity contribution in [3.05, 3.63) is 85.4 Å². The van der Waals surface area contributed by atoms with Crippen LogP contribution in [0.4, 0.5) is 5.00 Å². The van der Waals surface area contributed by atoms with Gasteiger partial charge in [0.15, 0.2) is 5.76 Å². The predicted octanol–water partition coefficient (Wildman–Crippen LogP) is 5.87. The minimum Gasteiger partial charge on any atom is -0.459 e. The number of thiophene rings is 3. The Kier molecular flexibility index (Phi) is 5.94. The summed E-state index contributed by atoms with van der Waals surface area (Å²) in [6, 6.07) is 13.2. The smallest absolute Gasteiger partial charge is 0.291 e. The highest BCUT2D eigenvalue weighted by atomic mass is 32.1. The van der Waals surface area contributed by atoms with E-state index < -0.39 is 0 Å². The third kappa shape index (κ3) is 4.67. The number of hydrogen-bond acceptors (Lipinski definition) is 6. The van der Waals surface area contributed by atoms with Gasteiger partial charge in [0.2, 0.25) is 0 Å². The highest BCUT2D eigenvalue weighted by Gasteiger charge is 2.22. The van der Waals surface area contributed by atoms with Crippen molar-refractivity contribution in [3.63, 3.8) is 0 Å². The van der Waals surface area contributed by atoms with Crippen LogP contribution in [0.3, 0.4) is 0 Å². The molecule has 148 valence electrons. The van der Waals surface area contributed by atoms with E-state index in [4.69, 9.17) is 4.42 Å². The Morgan fingerprint density at radius 3 is 2.28 bits per heavy atom. The first-order valence-electron chi connectivity index (χ1n) is 8.89. The first kappa shape index (κ1) is 19.6. The number of furan rings is 1. The van der Waals surface area contributed by atoms with Gasteiger partial charge in [-0.25, -0.2) is 0 Å². The van der Waals surface area contributed by atoms with Gasteiger partial charge in [0.25, 0.3) is 11.8 Å². The van der Waals surface area contributed by atoms with E-state index in [2.05, 4.69) is 5.32 Å². The molecule has 0 bridgehead atoms. The van der Waals surface area contributed by atoms with Crippen LogP contribution in [0.15, 0.2) is 63.9 Å². The normalized spacial score (nSPS) is 10.8. The Hall–Kier alpha value is -2.68. The molecule has 0 aliphatic rings. The second-order valence-electron chi connectivity index (χ2n) is 6.37. The summed E-state index contributed by atoms with van der Waals surface area (Å²) >= 11 is 4.57. The van der Waals surface area contributed by atoms with E-state index in [9.17, 15) is 9.59 Å². The van der Waals surface area contributed by atoms with Gasteiger partial charge >= 0.3 is 0 Å². The molecule has 0 atom stereocenters. The quantitative estimate of drug-likeness (QED) is 0.389. The van der Waals surface area contributed by atoms with E-state index in [1.54, 1.807) is 34.8 Å². The molecule has 0 unspecified atom stereocenters. The van der Waals surface area contributed by atoms with E-state index in [1.165, 1.54) is 17.6 Å². The lowest BCUT2D eigenvalue weighted by molar-refractivity contribution is 0.0737. The van der Waals surface area contributed by atoms with Gasteiger partial charge < -0.3 is 14.6 Å². The van der Waals surface area contributed by atoms with Crippen LogP contribution in [0.5, 0.6) is 0 Å². The van der Waals surface area contributed by atoms with Crippen molar-refractivity contribution in [2.45, 2.75) is 20.0 Å². The van der Waals surface area contributed by atoms with Crippen LogP contribution in [0.1, 0.15) is 35.5 Å². The fraction of sp³-hybridized carbons (Fsp3) is 0.143. The zero-order valence-electron chi connectivity index (χ0n) is 15.6. The lowest BCUT2D eigenvalue weighted by atomic mass is 10.2. The molecule has 5 nitrogen and oxygen atoms in total. The van der Waals surface area contributed by atoms with Crippen LogP contribution in [0.25, 0.3) is 0 Å². The summed E-state index contributed by atoms with van der Waals surface area (Å²) in [5.74, 6) is -0.127. The largest absolute Gasteiger partial charge is 0.459 e. The van der Waals surface area contributed by atoms with Crippen LogP contribution in [-0.2, 0) is 13.1 Å². The molecular weight excluding hydrogens is 424 g/mol.